The molecule has 4 unspecified atom stereocenters. The molecule has 192 valence electrons. The number of thioether (sulfide) groups is 2. The topological polar surface area (TPSA) is 0 Å². The maximum absolute atomic E-state index is 4.53. The van der Waals surface area contributed by atoms with Crippen LogP contribution >= 0.6 is 23.5 Å². The highest BCUT2D eigenvalue weighted by molar-refractivity contribution is 8.08. The molecule has 0 nitrogen and oxygen atoms in total. The number of hydrogen-bond acceptors (Lipinski definition) is 2. The SMILES string of the molecule is C=C(C)c1ccccc1CCC(CC)C(=C)CCC(C)CC(C)C(=C)SC1C(=C)Sc2ccccc21. The van der Waals surface area contributed by atoms with Crippen LogP contribution in [0, 0.1) is 17.8 Å². The lowest BCUT2D eigenvalue weighted by Crippen LogP contribution is -2.09. The van der Waals surface area contributed by atoms with Crippen molar-refractivity contribution in [3.63, 3.8) is 0 Å². The maximum Gasteiger partial charge on any atom is 0.0658 e. The van der Waals surface area contributed by atoms with E-state index in [9.17, 15) is 0 Å². The van der Waals surface area contributed by atoms with Crippen molar-refractivity contribution >= 4 is 29.1 Å². The summed E-state index contributed by atoms with van der Waals surface area (Å²) in [5, 5.41) is 0.330. The third-order valence-corrected chi connectivity index (χ3v) is 10.3. The van der Waals surface area contributed by atoms with Crippen molar-refractivity contribution in [2.45, 2.75) is 76.4 Å². The summed E-state index contributed by atoms with van der Waals surface area (Å²) >= 11 is 3.73. The van der Waals surface area contributed by atoms with Gasteiger partial charge < -0.3 is 0 Å². The first-order valence-corrected chi connectivity index (χ1v) is 15.1. The van der Waals surface area contributed by atoms with Crippen LogP contribution in [0.4, 0.5) is 0 Å². The molecule has 0 spiro atoms. The van der Waals surface area contributed by atoms with Crippen LogP contribution in [-0.2, 0) is 6.42 Å². The van der Waals surface area contributed by atoms with Crippen molar-refractivity contribution in [1.82, 2.24) is 0 Å². The number of rotatable bonds is 14. The van der Waals surface area contributed by atoms with Gasteiger partial charge in [-0.25, -0.2) is 0 Å². The summed E-state index contributed by atoms with van der Waals surface area (Å²) in [6, 6.07) is 17.4. The van der Waals surface area contributed by atoms with E-state index >= 15 is 0 Å². The molecule has 0 radical (unpaired) electrons. The highest BCUT2D eigenvalue weighted by Gasteiger charge is 2.29. The van der Waals surface area contributed by atoms with Gasteiger partial charge in [0.15, 0.2) is 0 Å². The molecule has 1 aliphatic heterocycles. The molecule has 0 fully saturated rings. The second kappa shape index (κ2) is 13.6. The predicted molar refractivity (Wildman–Crippen MR) is 165 cm³/mol. The molecule has 2 aromatic rings. The fourth-order valence-electron chi connectivity index (χ4n) is 5.23. The molecule has 4 atom stereocenters. The zero-order chi connectivity index (χ0) is 26.2. The van der Waals surface area contributed by atoms with Gasteiger partial charge in [-0.1, -0.05) is 112 Å². The molecular formula is C34H44S2. The van der Waals surface area contributed by atoms with Crippen molar-refractivity contribution < 1.29 is 0 Å². The van der Waals surface area contributed by atoms with Crippen LogP contribution in [0.25, 0.3) is 5.57 Å². The van der Waals surface area contributed by atoms with Gasteiger partial charge >= 0.3 is 0 Å². The Bertz CT molecular complexity index is 1090. The van der Waals surface area contributed by atoms with E-state index in [0.29, 0.717) is 23.0 Å². The van der Waals surface area contributed by atoms with Gasteiger partial charge in [-0.2, -0.15) is 0 Å². The van der Waals surface area contributed by atoms with Crippen molar-refractivity contribution in [3.05, 3.63) is 107 Å². The molecular weight excluding hydrogens is 473 g/mol. The summed E-state index contributed by atoms with van der Waals surface area (Å²) in [5.41, 5.74) is 6.70. The Morgan fingerprint density at radius 1 is 1.00 bits per heavy atom. The summed E-state index contributed by atoms with van der Waals surface area (Å²) in [6.07, 6.45) is 6.93. The summed E-state index contributed by atoms with van der Waals surface area (Å²) < 4.78 is 0. The van der Waals surface area contributed by atoms with Crippen LogP contribution in [0.1, 0.15) is 81.7 Å². The van der Waals surface area contributed by atoms with Crippen LogP contribution in [0.5, 0.6) is 0 Å². The van der Waals surface area contributed by atoms with Gasteiger partial charge in [0, 0.05) is 9.80 Å². The number of fused-ring (bicyclic) bond motifs is 1. The molecule has 1 heterocycles. The summed E-state index contributed by atoms with van der Waals surface area (Å²) in [5.74, 6) is 1.73. The standard InChI is InChI=1S/C34H44S2/c1-9-29(20-21-30-14-10-11-15-31(30)23(2)3)25(5)19-18-24(4)22-26(6)27(7)36-34-28(8)35-33-17-13-12-16-32(33)34/h10-17,24,26,29,34H,2,5,7-9,18-22H2,1,3-4,6H3. The zero-order valence-corrected chi connectivity index (χ0v) is 24.4. The molecule has 0 saturated heterocycles. The van der Waals surface area contributed by atoms with Crippen LogP contribution in [0.2, 0.25) is 0 Å². The van der Waals surface area contributed by atoms with Crippen LogP contribution in [-0.4, -0.2) is 0 Å². The van der Waals surface area contributed by atoms with Gasteiger partial charge in [0.2, 0.25) is 0 Å². The highest BCUT2D eigenvalue weighted by atomic mass is 32.2. The molecule has 0 aromatic heterocycles. The first-order chi connectivity index (χ1) is 17.2. The molecule has 0 bridgehead atoms. The Morgan fingerprint density at radius 3 is 2.42 bits per heavy atom. The average molecular weight is 517 g/mol. The first-order valence-electron chi connectivity index (χ1n) is 13.4. The van der Waals surface area contributed by atoms with Gasteiger partial charge in [0.25, 0.3) is 0 Å². The van der Waals surface area contributed by atoms with Crippen LogP contribution < -0.4 is 0 Å². The van der Waals surface area contributed by atoms with E-state index in [1.807, 2.05) is 23.5 Å². The third-order valence-electron chi connectivity index (χ3n) is 7.58. The molecule has 0 amide bonds. The van der Waals surface area contributed by atoms with Gasteiger partial charge in [-0.05, 0) is 90.9 Å². The van der Waals surface area contributed by atoms with E-state index in [-0.39, 0.29) is 0 Å². The van der Waals surface area contributed by atoms with E-state index in [4.69, 9.17) is 0 Å². The largest absolute Gasteiger partial charge is 0.117 e. The number of allylic oxidation sites excluding steroid dienone is 3. The Hall–Kier alpha value is -1.90. The van der Waals surface area contributed by atoms with Gasteiger partial charge in [-0.15, -0.1) is 11.8 Å². The quantitative estimate of drug-likeness (QED) is 0.229. The minimum atomic E-state index is 0.330. The van der Waals surface area contributed by atoms with Crippen LogP contribution in [0.15, 0.2) is 95.1 Å². The smallest absolute Gasteiger partial charge is 0.0658 e. The van der Waals surface area contributed by atoms with E-state index in [0.717, 1.165) is 24.8 Å². The van der Waals surface area contributed by atoms with Crippen molar-refractivity contribution in [3.8, 4) is 0 Å². The minimum Gasteiger partial charge on any atom is -0.117 e. The lowest BCUT2D eigenvalue weighted by molar-refractivity contribution is 0.421. The number of aryl methyl sites for hydroxylation is 1. The molecule has 2 aromatic carbocycles. The molecule has 0 saturated carbocycles. The number of benzene rings is 2. The van der Waals surface area contributed by atoms with Crippen molar-refractivity contribution in [2.75, 3.05) is 0 Å². The first kappa shape index (κ1) is 28.7. The molecule has 3 rings (SSSR count). The molecule has 0 aliphatic carbocycles. The normalized spacial score (nSPS) is 17.3. The predicted octanol–water partition coefficient (Wildman–Crippen LogP) is 11.3. The fourth-order valence-corrected chi connectivity index (χ4v) is 7.65. The van der Waals surface area contributed by atoms with Gasteiger partial charge in [-0.3, -0.25) is 0 Å². The molecule has 2 heteroatoms. The van der Waals surface area contributed by atoms with Crippen LogP contribution in [0.3, 0.4) is 0 Å². The van der Waals surface area contributed by atoms with E-state index < -0.39 is 0 Å². The Balaban J connectivity index is 1.45. The van der Waals surface area contributed by atoms with E-state index in [1.165, 1.54) is 56.2 Å². The Kier molecular flexibility index (Phi) is 10.8. The summed E-state index contributed by atoms with van der Waals surface area (Å²) in [4.78, 5) is 3.86. The van der Waals surface area contributed by atoms with Gasteiger partial charge in [0.05, 0.1) is 5.25 Å². The summed E-state index contributed by atoms with van der Waals surface area (Å²) in [6.45, 7) is 26.6. The van der Waals surface area contributed by atoms with Crippen molar-refractivity contribution in [1.29, 1.82) is 0 Å². The lowest BCUT2D eigenvalue weighted by Gasteiger charge is -2.23. The third kappa shape index (κ3) is 7.56. The van der Waals surface area contributed by atoms with E-state index in [1.54, 1.807) is 0 Å². The molecule has 0 N–H and O–H groups in total. The lowest BCUT2D eigenvalue weighted by atomic mass is 9.84. The highest BCUT2D eigenvalue weighted by Crippen LogP contribution is 2.55. The van der Waals surface area contributed by atoms with E-state index in [2.05, 4.69) is 103 Å². The minimum absolute atomic E-state index is 0.330. The Labute approximate surface area is 229 Å². The zero-order valence-electron chi connectivity index (χ0n) is 22.8. The summed E-state index contributed by atoms with van der Waals surface area (Å²) in [7, 11) is 0. The van der Waals surface area contributed by atoms with Gasteiger partial charge in [0.1, 0.15) is 0 Å². The average Bonchev–Trinajstić information content (AvgIpc) is 3.17. The molecule has 1 aliphatic rings. The Morgan fingerprint density at radius 2 is 1.69 bits per heavy atom. The monoisotopic (exact) mass is 516 g/mol. The fraction of sp³-hybridized carbons (Fsp3) is 0.412. The second-order valence-corrected chi connectivity index (χ2v) is 13.0. The maximum atomic E-state index is 4.53. The molecule has 36 heavy (non-hydrogen) atoms. The number of hydrogen-bond donors (Lipinski definition) is 0. The van der Waals surface area contributed by atoms with Crippen molar-refractivity contribution in [2.24, 2.45) is 17.8 Å². The second-order valence-electron chi connectivity index (χ2n) is 10.6.